The van der Waals surface area contributed by atoms with Gasteiger partial charge < -0.3 is 5.11 Å². The number of aryl methyl sites for hydroxylation is 1. The minimum Gasteiger partial charge on any atom is -0.392 e. The highest BCUT2D eigenvalue weighted by molar-refractivity contribution is 5.35. The first-order valence-corrected chi connectivity index (χ1v) is 6.25. The van der Waals surface area contributed by atoms with E-state index in [9.17, 15) is 18.3 Å². The molecular formula is C14H17F3O. The number of hydrogen-bond donors (Lipinski definition) is 1. The highest BCUT2D eigenvalue weighted by atomic mass is 19.4. The van der Waals surface area contributed by atoms with Crippen LogP contribution in [0.5, 0.6) is 0 Å². The summed E-state index contributed by atoms with van der Waals surface area (Å²) in [6.45, 7) is 1.69. The molecule has 2 atom stereocenters. The van der Waals surface area contributed by atoms with Gasteiger partial charge in [0.05, 0.1) is 11.7 Å². The van der Waals surface area contributed by atoms with Gasteiger partial charge in [-0.3, -0.25) is 0 Å². The molecule has 4 heteroatoms. The van der Waals surface area contributed by atoms with Crippen LogP contribution in [0.25, 0.3) is 0 Å². The zero-order valence-corrected chi connectivity index (χ0v) is 10.3. The summed E-state index contributed by atoms with van der Waals surface area (Å²) in [5, 5.41) is 9.95. The topological polar surface area (TPSA) is 20.2 Å². The summed E-state index contributed by atoms with van der Waals surface area (Å²) in [5.41, 5.74) is 0.861. The third kappa shape index (κ3) is 2.69. The van der Waals surface area contributed by atoms with E-state index in [4.69, 9.17) is 0 Å². The molecule has 0 amide bonds. The lowest BCUT2D eigenvalue weighted by atomic mass is 9.80. The smallest absolute Gasteiger partial charge is 0.392 e. The van der Waals surface area contributed by atoms with E-state index in [0.717, 1.165) is 37.3 Å². The molecule has 1 aromatic carbocycles. The van der Waals surface area contributed by atoms with Gasteiger partial charge >= 0.3 is 6.18 Å². The van der Waals surface area contributed by atoms with E-state index in [1.54, 1.807) is 6.92 Å². The van der Waals surface area contributed by atoms with Crippen molar-refractivity contribution >= 4 is 0 Å². The van der Waals surface area contributed by atoms with E-state index >= 15 is 0 Å². The van der Waals surface area contributed by atoms with E-state index in [2.05, 4.69) is 0 Å². The zero-order valence-electron chi connectivity index (χ0n) is 10.3. The van der Waals surface area contributed by atoms with E-state index in [0.29, 0.717) is 5.56 Å². The van der Waals surface area contributed by atoms with Gasteiger partial charge in [0.25, 0.3) is 0 Å². The number of hydrogen-bond acceptors (Lipinski definition) is 1. The Morgan fingerprint density at radius 2 is 1.83 bits per heavy atom. The Morgan fingerprint density at radius 1 is 1.17 bits per heavy atom. The van der Waals surface area contributed by atoms with Crippen molar-refractivity contribution in [2.45, 2.75) is 50.8 Å². The molecule has 100 valence electrons. The molecule has 1 fully saturated rings. The van der Waals surface area contributed by atoms with Gasteiger partial charge in [0.15, 0.2) is 0 Å². The molecule has 1 saturated carbocycles. The molecule has 1 nitrogen and oxygen atoms in total. The number of benzene rings is 1. The molecule has 0 radical (unpaired) electrons. The molecule has 1 aromatic rings. The monoisotopic (exact) mass is 258 g/mol. The molecule has 0 spiro atoms. The number of aliphatic hydroxyl groups excluding tert-OH is 1. The normalized spacial score (nSPS) is 25.2. The molecule has 0 aromatic heterocycles. The molecule has 1 aliphatic carbocycles. The van der Waals surface area contributed by atoms with Crippen molar-refractivity contribution in [3.63, 3.8) is 0 Å². The summed E-state index contributed by atoms with van der Waals surface area (Å²) in [7, 11) is 0. The minimum absolute atomic E-state index is 0.0129. The van der Waals surface area contributed by atoms with Crippen LogP contribution in [-0.2, 0) is 6.18 Å². The largest absolute Gasteiger partial charge is 0.416 e. The third-order valence-electron chi connectivity index (χ3n) is 3.73. The standard InChI is InChI=1S/C14H17F3O/c1-9-8-10(14(15,16)17)6-7-11(9)12-4-2-3-5-13(12)18/h6-8,12-13,18H,2-5H2,1H3. The van der Waals surface area contributed by atoms with Crippen molar-refractivity contribution in [3.8, 4) is 0 Å². The lowest BCUT2D eigenvalue weighted by Crippen LogP contribution is -2.23. The van der Waals surface area contributed by atoms with Gasteiger partial charge in [-0.2, -0.15) is 13.2 Å². The maximum Gasteiger partial charge on any atom is 0.416 e. The maximum absolute atomic E-state index is 12.6. The van der Waals surface area contributed by atoms with Crippen LogP contribution in [0.15, 0.2) is 18.2 Å². The molecule has 0 saturated heterocycles. The number of alkyl halides is 3. The van der Waals surface area contributed by atoms with Crippen LogP contribution in [-0.4, -0.2) is 11.2 Å². The second-order valence-electron chi connectivity index (χ2n) is 5.03. The molecule has 0 bridgehead atoms. The summed E-state index contributed by atoms with van der Waals surface area (Å²) < 4.78 is 37.7. The van der Waals surface area contributed by atoms with Gasteiger partial charge in [0.1, 0.15) is 0 Å². The second kappa shape index (κ2) is 4.92. The molecule has 2 rings (SSSR count). The van der Waals surface area contributed by atoms with Gasteiger partial charge in [0, 0.05) is 5.92 Å². The van der Waals surface area contributed by atoms with Gasteiger partial charge in [-0.15, -0.1) is 0 Å². The molecule has 2 unspecified atom stereocenters. The van der Waals surface area contributed by atoms with Gasteiger partial charge in [-0.05, 0) is 43.0 Å². The van der Waals surface area contributed by atoms with Gasteiger partial charge in [-0.1, -0.05) is 18.9 Å². The summed E-state index contributed by atoms with van der Waals surface area (Å²) in [5.74, 6) is -0.0129. The fourth-order valence-corrected chi connectivity index (χ4v) is 2.74. The number of aliphatic hydroxyl groups is 1. The average molecular weight is 258 g/mol. The van der Waals surface area contributed by atoms with Crippen LogP contribution in [0.2, 0.25) is 0 Å². The van der Waals surface area contributed by atoms with E-state index in [1.165, 1.54) is 12.1 Å². The van der Waals surface area contributed by atoms with Crippen molar-refractivity contribution in [2.24, 2.45) is 0 Å². The lowest BCUT2D eigenvalue weighted by Gasteiger charge is -2.29. The van der Waals surface area contributed by atoms with Crippen LogP contribution >= 0.6 is 0 Å². The summed E-state index contributed by atoms with van der Waals surface area (Å²) >= 11 is 0. The Balaban J connectivity index is 2.29. The van der Waals surface area contributed by atoms with Crippen molar-refractivity contribution in [3.05, 3.63) is 34.9 Å². The molecule has 1 N–H and O–H groups in total. The minimum atomic E-state index is -4.30. The first-order chi connectivity index (χ1) is 8.39. The predicted octanol–water partition coefficient (Wildman–Crippen LogP) is 4.03. The summed E-state index contributed by atoms with van der Waals surface area (Å²) in [6, 6.07) is 3.82. The first kappa shape index (κ1) is 13.4. The molecule has 0 aliphatic heterocycles. The van der Waals surface area contributed by atoms with E-state index < -0.39 is 17.8 Å². The fourth-order valence-electron chi connectivity index (χ4n) is 2.74. The molecule has 0 heterocycles. The van der Waals surface area contributed by atoms with Gasteiger partial charge in [0.2, 0.25) is 0 Å². The fraction of sp³-hybridized carbons (Fsp3) is 0.571. The Morgan fingerprint density at radius 3 is 2.39 bits per heavy atom. The number of rotatable bonds is 1. The highest BCUT2D eigenvalue weighted by Crippen LogP contribution is 2.37. The van der Waals surface area contributed by atoms with Crippen molar-refractivity contribution in [2.75, 3.05) is 0 Å². The van der Waals surface area contributed by atoms with Crippen LogP contribution in [0.4, 0.5) is 13.2 Å². The van der Waals surface area contributed by atoms with Gasteiger partial charge in [-0.25, -0.2) is 0 Å². The highest BCUT2D eigenvalue weighted by Gasteiger charge is 2.32. The first-order valence-electron chi connectivity index (χ1n) is 6.25. The molecule has 18 heavy (non-hydrogen) atoms. The summed E-state index contributed by atoms with van der Waals surface area (Å²) in [4.78, 5) is 0. The quantitative estimate of drug-likeness (QED) is 0.806. The zero-order chi connectivity index (χ0) is 13.3. The second-order valence-corrected chi connectivity index (χ2v) is 5.03. The average Bonchev–Trinajstić information content (AvgIpc) is 2.29. The maximum atomic E-state index is 12.6. The Hall–Kier alpha value is -1.03. The van der Waals surface area contributed by atoms with Crippen molar-refractivity contribution < 1.29 is 18.3 Å². The van der Waals surface area contributed by atoms with E-state index in [-0.39, 0.29) is 5.92 Å². The Bertz CT molecular complexity index is 426. The predicted molar refractivity (Wildman–Crippen MR) is 63.4 cm³/mol. The number of halogens is 3. The van der Waals surface area contributed by atoms with E-state index in [1.807, 2.05) is 0 Å². The Labute approximate surface area is 105 Å². The summed E-state index contributed by atoms with van der Waals surface area (Å²) in [6.07, 6.45) is -1.10. The van der Waals surface area contributed by atoms with Crippen molar-refractivity contribution in [1.82, 2.24) is 0 Å². The van der Waals surface area contributed by atoms with Crippen LogP contribution in [0, 0.1) is 6.92 Å². The molecule has 1 aliphatic rings. The molecular weight excluding hydrogens is 241 g/mol. The van der Waals surface area contributed by atoms with Crippen LogP contribution in [0.1, 0.15) is 48.3 Å². The van der Waals surface area contributed by atoms with Crippen molar-refractivity contribution in [1.29, 1.82) is 0 Å². The Kier molecular flexibility index (Phi) is 3.66. The SMILES string of the molecule is Cc1cc(C(F)(F)F)ccc1C1CCCCC1O. The van der Waals surface area contributed by atoms with Crippen LogP contribution < -0.4 is 0 Å². The third-order valence-corrected chi connectivity index (χ3v) is 3.73. The van der Waals surface area contributed by atoms with Crippen LogP contribution in [0.3, 0.4) is 0 Å². The lowest BCUT2D eigenvalue weighted by molar-refractivity contribution is -0.137.